The summed E-state index contributed by atoms with van der Waals surface area (Å²) in [4.78, 5) is 12.0. The molecule has 3 heterocycles. The van der Waals surface area contributed by atoms with Gasteiger partial charge in [-0.15, -0.1) is 10.2 Å². The van der Waals surface area contributed by atoms with E-state index in [-0.39, 0.29) is 12.0 Å². The highest BCUT2D eigenvalue weighted by molar-refractivity contribution is 7.99. The zero-order valence-corrected chi connectivity index (χ0v) is 16.3. The van der Waals surface area contributed by atoms with Gasteiger partial charge < -0.3 is 10.1 Å². The van der Waals surface area contributed by atoms with Crippen LogP contribution in [0.4, 0.5) is 0 Å². The van der Waals surface area contributed by atoms with Crippen molar-refractivity contribution in [3.05, 3.63) is 12.3 Å². The minimum Gasteiger partial charge on any atom is -0.376 e. The Morgan fingerprint density at radius 3 is 2.96 bits per heavy atom. The Bertz CT molecular complexity index is 735. The molecule has 1 aliphatic rings. The Morgan fingerprint density at radius 2 is 2.31 bits per heavy atom. The topological polar surface area (TPSA) is 86.9 Å². The Balaban J connectivity index is 1.73. The van der Waals surface area contributed by atoms with Gasteiger partial charge >= 0.3 is 0 Å². The number of hydrogen-bond donors (Lipinski definition) is 1. The predicted octanol–water partition coefficient (Wildman–Crippen LogP) is 1.72. The Hall–Kier alpha value is -1.87. The fourth-order valence-electron chi connectivity index (χ4n) is 2.77. The normalized spacial score (nSPS) is 17.2. The second-order valence-corrected chi connectivity index (χ2v) is 7.86. The van der Waals surface area contributed by atoms with E-state index in [9.17, 15) is 4.79 Å². The van der Waals surface area contributed by atoms with Crippen LogP contribution in [0.5, 0.6) is 0 Å². The first-order chi connectivity index (χ1) is 12.5. The van der Waals surface area contributed by atoms with Crippen LogP contribution in [0.2, 0.25) is 0 Å². The molecule has 0 bridgehead atoms. The summed E-state index contributed by atoms with van der Waals surface area (Å²) < 4.78 is 9.55. The van der Waals surface area contributed by atoms with E-state index in [1.807, 2.05) is 23.9 Å². The first-order valence-corrected chi connectivity index (χ1v) is 9.96. The van der Waals surface area contributed by atoms with E-state index in [0.29, 0.717) is 30.6 Å². The van der Waals surface area contributed by atoms with Gasteiger partial charge in [0.25, 0.3) is 0 Å². The summed E-state index contributed by atoms with van der Waals surface area (Å²) in [6.45, 7) is 6.30. The molecule has 1 amide bonds. The van der Waals surface area contributed by atoms with Crippen LogP contribution in [0.25, 0.3) is 11.5 Å². The summed E-state index contributed by atoms with van der Waals surface area (Å²) in [7, 11) is 1.87. The van der Waals surface area contributed by atoms with Crippen LogP contribution < -0.4 is 5.32 Å². The van der Waals surface area contributed by atoms with Crippen LogP contribution in [-0.2, 0) is 23.1 Å². The van der Waals surface area contributed by atoms with Crippen molar-refractivity contribution < 1.29 is 9.53 Å². The summed E-state index contributed by atoms with van der Waals surface area (Å²) in [5.74, 6) is 1.47. The molecule has 1 atom stereocenters. The quantitative estimate of drug-likeness (QED) is 0.704. The molecule has 1 saturated heterocycles. The minimum atomic E-state index is 0.00903. The Labute approximate surface area is 157 Å². The summed E-state index contributed by atoms with van der Waals surface area (Å²) in [5, 5.41) is 16.7. The molecule has 8 nitrogen and oxygen atoms in total. The van der Waals surface area contributed by atoms with Gasteiger partial charge in [-0.2, -0.15) is 5.10 Å². The Morgan fingerprint density at radius 1 is 1.46 bits per heavy atom. The standard InChI is InChI=1S/C17H26N6O2S/c1-12(2)9-18-15(24)11-26-17-20-19-16(14-6-7-22(3)21-14)23(17)10-13-5-4-8-25-13/h6-7,12-13H,4-5,8-11H2,1-3H3,(H,18,24)/t13-/m0/s1. The Kier molecular flexibility index (Phi) is 6.31. The van der Waals surface area contributed by atoms with Crippen LogP contribution in [0.3, 0.4) is 0 Å². The van der Waals surface area contributed by atoms with E-state index in [1.54, 1.807) is 4.68 Å². The van der Waals surface area contributed by atoms with Gasteiger partial charge in [0.05, 0.1) is 18.4 Å². The minimum absolute atomic E-state index is 0.00903. The van der Waals surface area contributed by atoms with Gasteiger partial charge in [0.1, 0.15) is 5.69 Å². The lowest BCUT2D eigenvalue weighted by Crippen LogP contribution is -2.29. The molecule has 0 aliphatic carbocycles. The van der Waals surface area contributed by atoms with Crippen molar-refractivity contribution in [3.63, 3.8) is 0 Å². The lowest BCUT2D eigenvalue weighted by Gasteiger charge is -2.14. The number of nitrogens with one attached hydrogen (secondary N) is 1. The van der Waals surface area contributed by atoms with Crippen molar-refractivity contribution in [1.29, 1.82) is 0 Å². The maximum atomic E-state index is 12.0. The molecule has 1 fully saturated rings. The highest BCUT2D eigenvalue weighted by atomic mass is 32.2. The highest BCUT2D eigenvalue weighted by Crippen LogP contribution is 2.25. The maximum absolute atomic E-state index is 12.0. The van der Waals surface area contributed by atoms with Crippen molar-refractivity contribution in [2.45, 2.75) is 44.5 Å². The summed E-state index contributed by atoms with van der Waals surface area (Å²) in [5.41, 5.74) is 0.772. The molecule has 0 unspecified atom stereocenters. The second-order valence-electron chi connectivity index (χ2n) is 6.91. The van der Waals surface area contributed by atoms with Gasteiger partial charge in [-0.1, -0.05) is 25.6 Å². The predicted molar refractivity (Wildman–Crippen MR) is 99.8 cm³/mol. The highest BCUT2D eigenvalue weighted by Gasteiger charge is 2.23. The fraction of sp³-hybridized carbons (Fsp3) is 0.647. The number of rotatable bonds is 8. The van der Waals surface area contributed by atoms with Crippen LogP contribution in [0, 0.1) is 5.92 Å². The maximum Gasteiger partial charge on any atom is 0.230 e. The largest absolute Gasteiger partial charge is 0.376 e. The van der Waals surface area contributed by atoms with Gasteiger partial charge in [0, 0.05) is 26.4 Å². The molecule has 1 N–H and O–H groups in total. The number of carbonyl (C=O) groups excluding carboxylic acids is 1. The van der Waals surface area contributed by atoms with Crippen molar-refractivity contribution in [3.8, 4) is 11.5 Å². The monoisotopic (exact) mass is 378 g/mol. The third kappa shape index (κ3) is 4.85. The molecular formula is C17H26N6O2S. The molecule has 2 aromatic heterocycles. The van der Waals surface area contributed by atoms with Crippen molar-refractivity contribution >= 4 is 17.7 Å². The van der Waals surface area contributed by atoms with Crippen LogP contribution in [-0.4, -0.2) is 55.5 Å². The van der Waals surface area contributed by atoms with Crippen molar-refractivity contribution in [2.75, 3.05) is 18.9 Å². The molecule has 142 valence electrons. The molecule has 0 aromatic carbocycles. The van der Waals surface area contributed by atoms with E-state index in [0.717, 1.165) is 30.3 Å². The van der Waals surface area contributed by atoms with Gasteiger partial charge in [-0.05, 0) is 24.8 Å². The number of aromatic nitrogens is 5. The number of aryl methyl sites for hydroxylation is 1. The van der Waals surface area contributed by atoms with E-state index < -0.39 is 0 Å². The molecule has 1 aliphatic heterocycles. The molecule has 9 heteroatoms. The van der Waals surface area contributed by atoms with Crippen LogP contribution >= 0.6 is 11.8 Å². The second kappa shape index (κ2) is 8.68. The summed E-state index contributed by atoms with van der Waals surface area (Å²) in [6.07, 6.45) is 4.14. The van der Waals surface area contributed by atoms with E-state index in [2.05, 4.69) is 34.5 Å². The fourth-order valence-corrected chi connectivity index (χ4v) is 3.55. The van der Waals surface area contributed by atoms with Crippen molar-refractivity contribution in [1.82, 2.24) is 29.9 Å². The average molecular weight is 379 g/mol. The molecular weight excluding hydrogens is 352 g/mol. The summed E-state index contributed by atoms with van der Waals surface area (Å²) >= 11 is 1.40. The van der Waals surface area contributed by atoms with Crippen LogP contribution in [0.15, 0.2) is 17.4 Å². The molecule has 0 saturated carbocycles. The lowest BCUT2D eigenvalue weighted by molar-refractivity contribution is -0.118. The number of carbonyl (C=O) groups is 1. The van der Waals surface area contributed by atoms with E-state index in [1.165, 1.54) is 11.8 Å². The molecule has 0 radical (unpaired) electrons. The average Bonchev–Trinajstić information content (AvgIpc) is 3.33. The number of thioether (sulfide) groups is 1. The van der Waals surface area contributed by atoms with E-state index in [4.69, 9.17) is 4.74 Å². The van der Waals surface area contributed by atoms with Crippen molar-refractivity contribution in [2.24, 2.45) is 13.0 Å². The number of hydrogen-bond acceptors (Lipinski definition) is 6. The van der Waals surface area contributed by atoms with Gasteiger partial charge in [0.2, 0.25) is 5.91 Å². The number of nitrogens with zero attached hydrogens (tertiary/aromatic N) is 5. The van der Waals surface area contributed by atoms with E-state index >= 15 is 0 Å². The SMILES string of the molecule is CC(C)CNC(=O)CSc1nnc(-c2ccn(C)n2)n1C[C@@H]1CCCO1. The lowest BCUT2D eigenvalue weighted by atomic mass is 10.2. The zero-order chi connectivity index (χ0) is 18.5. The van der Waals surface area contributed by atoms with Crippen LogP contribution in [0.1, 0.15) is 26.7 Å². The molecule has 26 heavy (non-hydrogen) atoms. The number of ether oxygens (including phenoxy) is 1. The zero-order valence-electron chi connectivity index (χ0n) is 15.5. The molecule has 0 spiro atoms. The third-order valence-corrected chi connectivity index (χ3v) is 5.08. The summed E-state index contributed by atoms with van der Waals surface area (Å²) in [6, 6.07) is 1.92. The first kappa shape index (κ1) is 18.9. The van der Waals surface area contributed by atoms with Gasteiger partial charge in [-0.25, -0.2) is 0 Å². The smallest absolute Gasteiger partial charge is 0.230 e. The number of amides is 1. The third-order valence-electron chi connectivity index (χ3n) is 4.11. The molecule has 2 aromatic rings. The molecule has 3 rings (SSSR count). The van der Waals surface area contributed by atoms with Gasteiger partial charge in [0.15, 0.2) is 11.0 Å². The van der Waals surface area contributed by atoms with Gasteiger partial charge in [-0.3, -0.25) is 14.0 Å². The first-order valence-electron chi connectivity index (χ1n) is 8.97.